The van der Waals surface area contributed by atoms with Crippen LogP contribution in [-0.4, -0.2) is 23.5 Å². The number of hydrogen-bond acceptors (Lipinski definition) is 6. The van der Waals surface area contributed by atoms with Crippen molar-refractivity contribution in [1.82, 2.24) is 5.27 Å². The van der Waals surface area contributed by atoms with Gasteiger partial charge >= 0.3 is 0 Å². The number of carbonyl (C=O) groups excluding carboxylic acids is 1. The molecular weight excluding hydrogens is 378 g/mol. The van der Waals surface area contributed by atoms with E-state index < -0.39 is 11.2 Å². The lowest BCUT2D eigenvalue weighted by molar-refractivity contribution is -0.705. The van der Waals surface area contributed by atoms with Crippen LogP contribution in [0, 0.1) is 13.8 Å². The number of methoxy groups -OCH3 is 1. The third-order valence-electron chi connectivity index (χ3n) is 4.19. The molecular formula is C20H21N3O4S. The smallest absolute Gasteiger partial charge is 0.298 e. The van der Waals surface area contributed by atoms with Gasteiger partial charge in [-0.3, -0.25) is 4.79 Å². The minimum absolute atomic E-state index is 0.209. The summed E-state index contributed by atoms with van der Waals surface area (Å²) in [6, 6.07) is 12.8. The minimum atomic E-state index is -0.591. The molecule has 2 aromatic carbocycles. The molecule has 0 aliphatic carbocycles. The van der Waals surface area contributed by atoms with Crippen molar-refractivity contribution in [1.29, 1.82) is 0 Å². The van der Waals surface area contributed by atoms with Gasteiger partial charge in [-0.1, -0.05) is 17.7 Å². The highest BCUT2D eigenvalue weighted by Gasteiger charge is 2.26. The van der Waals surface area contributed by atoms with Crippen molar-refractivity contribution in [2.75, 3.05) is 12.4 Å². The summed E-state index contributed by atoms with van der Waals surface area (Å²) in [6.45, 7) is 5.67. The zero-order valence-electron chi connectivity index (χ0n) is 16.1. The number of carbonyl (C=O) groups is 1. The number of ether oxygens (including phenoxy) is 1. The van der Waals surface area contributed by atoms with E-state index in [1.54, 1.807) is 38.3 Å². The van der Waals surface area contributed by atoms with Crippen LogP contribution in [0.2, 0.25) is 0 Å². The second-order valence-electron chi connectivity index (χ2n) is 6.34. The predicted molar refractivity (Wildman–Crippen MR) is 104 cm³/mol. The molecule has 0 fully saturated rings. The molecule has 146 valence electrons. The van der Waals surface area contributed by atoms with E-state index in [0.29, 0.717) is 11.4 Å². The Bertz CT molecular complexity index is 986. The highest BCUT2D eigenvalue weighted by Crippen LogP contribution is 2.28. The van der Waals surface area contributed by atoms with Crippen molar-refractivity contribution < 1.29 is 23.8 Å². The van der Waals surface area contributed by atoms with Gasteiger partial charge in [0.05, 0.1) is 17.6 Å². The Labute approximate surface area is 167 Å². The Kier molecular flexibility index (Phi) is 5.89. The molecule has 1 N–H and O–H groups in total. The first kappa shape index (κ1) is 19.8. The number of hydrogen-bond donors (Lipinski definition) is 1. The summed E-state index contributed by atoms with van der Waals surface area (Å²) in [5.74, 6) is -0.114. The molecule has 8 heteroatoms. The molecule has 0 spiro atoms. The van der Waals surface area contributed by atoms with Crippen molar-refractivity contribution in [2.24, 2.45) is 0 Å². The average molecular weight is 399 g/mol. The standard InChI is InChI=1S/C20H21N3O4S/c1-12-5-10-17(13(2)11-12)21-18(24)14(3)28-19-20(25)27-22-23(19)15-6-8-16(26-4)9-7-15/h5-11,14H,1-4H3,(H-,21,22,24,25). The van der Waals surface area contributed by atoms with Crippen molar-refractivity contribution in [3.63, 3.8) is 0 Å². The van der Waals surface area contributed by atoms with Gasteiger partial charge in [-0.2, -0.15) is 0 Å². The second-order valence-corrected chi connectivity index (χ2v) is 7.67. The van der Waals surface area contributed by atoms with Gasteiger partial charge in [-0.25, -0.2) is 0 Å². The number of anilines is 1. The SMILES string of the molecule is COc1ccc(-[n+]2noc([O-])c2SC(C)C(=O)Nc2ccc(C)cc2C)cc1. The molecule has 1 heterocycles. The van der Waals surface area contributed by atoms with Gasteiger partial charge in [0.15, 0.2) is 5.95 Å². The molecule has 0 aliphatic heterocycles. The number of amides is 1. The van der Waals surface area contributed by atoms with E-state index in [1.807, 2.05) is 32.0 Å². The van der Waals surface area contributed by atoms with Crippen LogP contribution in [0.25, 0.3) is 5.69 Å². The fraction of sp³-hybridized carbons (Fsp3) is 0.250. The van der Waals surface area contributed by atoms with E-state index in [4.69, 9.17) is 9.26 Å². The van der Waals surface area contributed by atoms with Gasteiger partial charge in [0.25, 0.3) is 5.03 Å². The van der Waals surface area contributed by atoms with Gasteiger partial charge in [0.1, 0.15) is 5.75 Å². The molecule has 0 saturated carbocycles. The predicted octanol–water partition coefficient (Wildman–Crippen LogP) is 2.77. The van der Waals surface area contributed by atoms with Crippen LogP contribution in [0.5, 0.6) is 11.7 Å². The zero-order valence-corrected chi connectivity index (χ0v) is 16.9. The lowest BCUT2D eigenvalue weighted by Crippen LogP contribution is -2.36. The quantitative estimate of drug-likeness (QED) is 0.506. The first-order valence-corrected chi connectivity index (χ1v) is 9.55. The first-order chi connectivity index (χ1) is 13.4. The largest absolute Gasteiger partial charge is 0.538 e. The third-order valence-corrected chi connectivity index (χ3v) is 5.32. The van der Waals surface area contributed by atoms with E-state index in [1.165, 1.54) is 4.68 Å². The van der Waals surface area contributed by atoms with E-state index in [0.717, 1.165) is 28.6 Å². The van der Waals surface area contributed by atoms with Crippen LogP contribution < -0.4 is 19.8 Å². The van der Waals surface area contributed by atoms with Gasteiger partial charge in [0.2, 0.25) is 11.6 Å². The van der Waals surface area contributed by atoms with Gasteiger partial charge in [-0.05, 0) is 61.0 Å². The van der Waals surface area contributed by atoms with E-state index in [-0.39, 0.29) is 10.9 Å². The van der Waals surface area contributed by atoms with Crippen LogP contribution in [0.3, 0.4) is 0 Å². The Morgan fingerprint density at radius 1 is 1.25 bits per heavy atom. The molecule has 1 aromatic heterocycles. The fourth-order valence-electron chi connectivity index (χ4n) is 2.64. The number of aromatic nitrogens is 2. The number of nitrogens with one attached hydrogen (secondary N) is 1. The van der Waals surface area contributed by atoms with Crippen LogP contribution in [0.4, 0.5) is 5.69 Å². The summed E-state index contributed by atoms with van der Waals surface area (Å²) in [7, 11) is 1.57. The Balaban J connectivity index is 1.77. The Morgan fingerprint density at radius 2 is 1.96 bits per heavy atom. The zero-order chi connectivity index (χ0) is 20.3. The van der Waals surface area contributed by atoms with Crippen molar-refractivity contribution in [3.05, 3.63) is 53.6 Å². The number of rotatable bonds is 6. The molecule has 0 bridgehead atoms. The van der Waals surface area contributed by atoms with Crippen LogP contribution in [-0.2, 0) is 4.79 Å². The van der Waals surface area contributed by atoms with Crippen LogP contribution in [0.15, 0.2) is 52.0 Å². The van der Waals surface area contributed by atoms with Crippen molar-refractivity contribution >= 4 is 23.4 Å². The van der Waals surface area contributed by atoms with Crippen molar-refractivity contribution in [3.8, 4) is 17.4 Å². The first-order valence-electron chi connectivity index (χ1n) is 8.67. The monoisotopic (exact) mass is 399 g/mol. The van der Waals surface area contributed by atoms with E-state index >= 15 is 0 Å². The normalized spacial score (nSPS) is 11.9. The highest BCUT2D eigenvalue weighted by molar-refractivity contribution is 8.00. The summed E-state index contributed by atoms with van der Waals surface area (Å²) in [4.78, 5) is 12.6. The molecule has 1 atom stereocenters. The van der Waals surface area contributed by atoms with Crippen LogP contribution >= 0.6 is 11.8 Å². The maximum Gasteiger partial charge on any atom is 0.298 e. The van der Waals surface area contributed by atoms with Gasteiger partial charge in [-0.15, -0.1) is 0 Å². The third kappa shape index (κ3) is 4.28. The van der Waals surface area contributed by atoms with Crippen LogP contribution in [0.1, 0.15) is 18.1 Å². The second kappa shape index (κ2) is 8.35. The van der Waals surface area contributed by atoms with Crippen molar-refractivity contribution in [2.45, 2.75) is 31.0 Å². The number of thioether (sulfide) groups is 1. The molecule has 0 radical (unpaired) electrons. The number of nitrogens with zero attached hydrogens (tertiary/aromatic N) is 2. The summed E-state index contributed by atoms with van der Waals surface area (Å²) < 4.78 is 11.3. The molecule has 3 aromatic rings. The maximum absolute atomic E-state index is 12.6. The average Bonchev–Trinajstić information content (AvgIpc) is 3.04. The fourth-order valence-corrected chi connectivity index (χ4v) is 3.51. The Morgan fingerprint density at radius 3 is 2.61 bits per heavy atom. The summed E-state index contributed by atoms with van der Waals surface area (Å²) in [5, 5.41) is 18.5. The van der Waals surface area contributed by atoms with E-state index in [2.05, 4.69) is 10.6 Å². The summed E-state index contributed by atoms with van der Waals surface area (Å²) in [5.41, 5.74) is 3.49. The molecule has 1 amide bonds. The molecule has 28 heavy (non-hydrogen) atoms. The van der Waals surface area contributed by atoms with Gasteiger partial charge in [0, 0.05) is 17.8 Å². The molecule has 7 nitrogen and oxygen atoms in total. The molecule has 0 saturated heterocycles. The van der Waals surface area contributed by atoms with Gasteiger partial charge < -0.3 is 19.7 Å². The molecule has 3 rings (SSSR count). The molecule has 1 unspecified atom stereocenters. The Hall–Kier alpha value is -3.00. The summed E-state index contributed by atoms with van der Waals surface area (Å²) >= 11 is 1.10. The van der Waals surface area contributed by atoms with E-state index in [9.17, 15) is 9.90 Å². The lowest BCUT2D eigenvalue weighted by atomic mass is 10.1. The maximum atomic E-state index is 12.6. The number of benzene rings is 2. The number of aryl methyl sites for hydroxylation is 2. The summed E-state index contributed by atoms with van der Waals surface area (Å²) in [6.07, 6.45) is 0. The lowest BCUT2D eigenvalue weighted by Gasteiger charge is -2.12. The topological polar surface area (TPSA) is 91.3 Å². The minimum Gasteiger partial charge on any atom is -0.538 e. The highest BCUT2D eigenvalue weighted by atomic mass is 32.2. The molecule has 0 aliphatic rings.